The Labute approximate surface area is 170 Å². The molecule has 3 amide bonds. The van der Waals surface area contributed by atoms with Crippen molar-refractivity contribution in [3.63, 3.8) is 0 Å². The zero-order valence-corrected chi connectivity index (χ0v) is 16.8. The smallest absolute Gasteiger partial charge is 0.255 e. The number of ether oxygens (including phenoxy) is 1. The van der Waals surface area contributed by atoms with E-state index in [0.717, 1.165) is 30.8 Å². The summed E-state index contributed by atoms with van der Waals surface area (Å²) in [5.41, 5.74) is 1.97. The zero-order chi connectivity index (χ0) is 20.2. The molecule has 1 aromatic rings. The Morgan fingerprint density at radius 3 is 2.79 bits per heavy atom. The molecule has 1 aliphatic carbocycles. The maximum Gasteiger partial charge on any atom is 0.255 e. The van der Waals surface area contributed by atoms with Gasteiger partial charge in [0.2, 0.25) is 11.8 Å². The van der Waals surface area contributed by atoms with Gasteiger partial charge < -0.3 is 9.64 Å². The minimum absolute atomic E-state index is 0.146. The fourth-order valence-electron chi connectivity index (χ4n) is 5.11. The first-order valence-corrected chi connectivity index (χ1v) is 10.6. The van der Waals surface area contributed by atoms with Gasteiger partial charge in [-0.3, -0.25) is 24.6 Å². The second kappa shape index (κ2) is 6.83. The number of nitrogens with one attached hydrogen (secondary N) is 1. The highest BCUT2D eigenvalue weighted by molar-refractivity contribution is 6.05. The van der Waals surface area contributed by atoms with Crippen LogP contribution in [-0.4, -0.2) is 59.3 Å². The summed E-state index contributed by atoms with van der Waals surface area (Å²) in [5.74, 6) is -0.00292. The lowest BCUT2D eigenvalue weighted by molar-refractivity contribution is -0.136. The minimum atomic E-state index is -0.580. The maximum absolute atomic E-state index is 12.8. The molecular weight excluding hydrogens is 370 g/mol. The molecule has 2 atom stereocenters. The lowest BCUT2D eigenvalue weighted by atomic mass is 9.93. The topological polar surface area (TPSA) is 79.0 Å². The van der Waals surface area contributed by atoms with Crippen molar-refractivity contribution in [2.45, 2.75) is 57.7 Å². The maximum atomic E-state index is 12.8. The molecule has 0 aromatic heterocycles. The fraction of sp³-hybridized carbons (Fsp3) is 0.591. The summed E-state index contributed by atoms with van der Waals surface area (Å²) in [6.45, 7) is 5.75. The summed E-state index contributed by atoms with van der Waals surface area (Å²) >= 11 is 0. The number of imide groups is 1. The monoisotopic (exact) mass is 397 g/mol. The van der Waals surface area contributed by atoms with Crippen molar-refractivity contribution < 1.29 is 19.1 Å². The number of likely N-dealkylation sites (tertiary alicyclic amines) is 1. The van der Waals surface area contributed by atoms with Crippen molar-refractivity contribution in [1.82, 2.24) is 15.1 Å². The molecule has 29 heavy (non-hydrogen) atoms. The molecule has 0 radical (unpaired) electrons. The number of carbonyl (C=O) groups excluding carboxylic acids is 3. The summed E-state index contributed by atoms with van der Waals surface area (Å²) in [5, 5.41) is 2.34. The number of likely N-dealkylation sites (N-methyl/N-ethyl adjacent to an activating group) is 1. The van der Waals surface area contributed by atoms with Gasteiger partial charge in [0.05, 0.1) is 0 Å². The lowest BCUT2D eigenvalue weighted by Crippen LogP contribution is -2.52. The van der Waals surface area contributed by atoms with Crippen LogP contribution >= 0.6 is 0 Å². The molecule has 5 rings (SSSR count). The van der Waals surface area contributed by atoms with Crippen LogP contribution < -0.4 is 10.1 Å². The molecule has 7 nitrogen and oxygen atoms in total. The molecule has 3 fully saturated rings. The summed E-state index contributed by atoms with van der Waals surface area (Å²) in [6, 6.07) is 5.05. The molecule has 2 saturated heterocycles. The molecule has 1 saturated carbocycles. The normalized spacial score (nSPS) is 28.4. The lowest BCUT2D eigenvalue weighted by Gasteiger charge is -2.37. The number of benzene rings is 1. The van der Waals surface area contributed by atoms with Gasteiger partial charge in [-0.05, 0) is 61.4 Å². The Hall–Kier alpha value is -2.41. The highest BCUT2D eigenvalue weighted by atomic mass is 16.5. The van der Waals surface area contributed by atoms with Crippen molar-refractivity contribution >= 4 is 17.7 Å². The predicted octanol–water partition coefficient (Wildman–Crippen LogP) is 1.70. The van der Waals surface area contributed by atoms with Crippen LogP contribution in [0.3, 0.4) is 0 Å². The number of nitrogens with zero attached hydrogens (tertiary/aromatic N) is 2. The molecule has 154 valence electrons. The molecule has 3 aliphatic heterocycles. The van der Waals surface area contributed by atoms with Crippen LogP contribution in [0.15, 0.2) is 18.2 Å². The van der Waals surface area contributed by atoms with E-state index in [1.54, 1.807) is 4.90 Å². The van der Waals surface area contributed by atoms with Crippen molar-refractivity contribution in [2.75, 3.05) is 19.6 Å². The largest absolute Gasteiger partial charge is 0.489 e. The summed E-state index contributed by atoms with van der Waals surface area (Å²) < 4.78 is 6.34. The third-order valence-corrected chi connectivity index (χ3v) is 6.88. The number of amides is 3. The molecule has 1 unspecified atom stereocenters. The van der Waals surface area contributed by atoms with E-state index in [9.17, 15) is 14.4 Å². The van der Waals surface area contributed by atoms with Gasteiger partial charge in [0.15, 0.2) is 0 Å². The van der Waals surface area contributed by atoms with E-state index in [0.29, 0.717) is 23.9 Å². The van der Waals surface area contributed by atoms with Gasteiger partial charge in [0.25, 0.3) is 5.91 Å². The van der Waals surface area contributed by atoms with Crippen molar-refractivity contribution in [2.24, 2.45) is 5.41 Å². The number of piperidine rings is 2. The first-order valence-electron chi connectivity index (χ1n) is 10.6. The van der Waals surface area contributed by atoms with E-state index in [4.69, 9.17) is 4.74 Å². The minimum Gasteiger partial charge on any atom is -0.489 e. The summed E-state index contributed by atoms with van der Waals surface area (Å²) in [4.78, 5) is 40.5. The number of fused-ring (bicyclic) bond motifs is 1. The quantitative estimate of drug-likeness (QED) is 0.783. The Morgan fingerprint density at radius 2 is 2.07 bits per heavy atom. The first kappa shape index (κ1) is 18.6. The van der Waals surface area contributed by atoms with Crippen LogP contribution in [0, 0.1) is 5.41 Å². The molecule has 4 aliphatic rings. The Kier molecular flexibility index (Phi) is 4.38. The second-order valence-corrected chi connectivity index (χ2v) is 8.99. The predicted molar refractivity (Wildman–Crippen MR) is 105 cm³/mol. The van der Waals surface area contributed by atoms with E-state index >= 15 is 0 Å². The number of hydrogen-bond donors (Lipinski definition) is 1. The average molecular weight is 397 g/mol. The second-order valence-electron chi connectivity index (χ2n) is 8.99. The average Bonchev–Trinajstić information content (AvgIpc) is 3.35. The van der Waals surface area contributed by atoms with E-state index in [-0.39, 0.29) is 30.2 Å². The Morgan fingerprint density at radius 1 is 1.24 bits per heavy atom. The van der Waals surface area contributed by atoms with Crippen molar-refractivity contribution in [3.8, 4) is 5.75 Å². The van der Waals surface area contributed by atoms with E-state index in [2.05, 4.69) is 17.1 Å². The first-order chi connectivity index (χ1) is 14.0. The third-order valence-electron chi connectivity index (χ3n) is 6.88. The standard InChI is InChI=1S/C22H27N3O4/c1-2-24-12-16(10-22(13-24)7-8-22)29-15-3-4-17-14(9-15)11-25(21(17)28)18-5-6-19(26)23-20(18)27/h3-4,9,16,18H,2,5-8,10-13H2,1H3,(H,23,26,27)/t16-,18?/m1/s1. The van der Waals surface area contributed by atoms with Crippen LogP contribution in [0.4, 0.5) is 0 Å². The van der Waals surface area contributed by atoms with Crippen LogP contribution in [0.5, 0.6) is 5.75 Å². The van der Waals surface area contributed by atoms with Crippen LogP contribution in [0.25, 0.3) is 0 Å². The Bertz CT molecular complexity index is 879. The summed E-state index contributed by atoms with van der Waals surface area (Å²) in [7, 11) is 0. The number of rotatable bonds is 4. The molecule has 7 heteroatoms. The Balaban J connectivity index is 1.30. The van der Waals surface area contributed by atoms with Crippen LogP contribution in [-0.2, 0) is 16.1 Å². The van der Waals surface area contributed by atoms with Crippen molar-refractivity contribution in [3.05, 3.63) is 29.3 Å². The molecule has 1 aromatic carbocycles. The number of hydrogen-bond acceptors (Lipinski definition) is 5. The van der Waals surface area contributed by atoms with Gasteiger partial charge in [0.1, 0.15) is 17.9 Å². The van der Waals surface area contributed by atoms with Crippen molar-refractivity contribution in [1.29, 1.82) is 0 Å². The van der Waals surface area contributed by atoms with Gasteiger partial charge in [-0.2, -0.15) is 0 Å². The van der Waals surface area contributed by atoms with Crippen LogP contribution in [0.2, 0.25) is 0 Å². The SMILES string of the molecule is CCN1C[C@H](Oc2ccc3c(c2)CN(C2CCC(=O)NC2=O)C3=O)CC2(CC2)C1. The number of carbonyl (C=O) groups is 3. The highest BCUT2D eigenvalue weighted by Crippen LogP contribution is 2.52. The molecule has 3 heterocycles. The van der Waals surface area contributed by atoms with Gasteiger partial charge in [-0.15, -0.1) is 0 Å². The third kappa shape index (κ3) is 3.41. The molecule has 0 bridgehead atoms. The highest BCUT2D eigenvalue weighted by Gasteiger charge is 2.49. The zero-order valence-electron chi connectivity index (χ0n) is 16.8. The van der Waals surface area contributed by atoms with E-state index in [1.165, 1.54) is 19.4 Å². The van der Waals surface area contributed by atoms with Crippen LogP contribution in [0.1, 0.15) is 54.9 Å². The molecule has 1 N–H and O–H groups in total. The summed E-state index contributed by atoms with van der Waals surface area (Å²) in [6.07, 6.45) is 4.51. The molecular formula is C22H27N3O4. The van der Waals surface area contributed by atoms with Gasteiger partial charge in [-0.1, -0.05) is 6.92 Å². The fourth-order valence-corrected chi connectivity index (χ4v) is 5.11. The van der Waals surface area contributed by atoms with Gasteiger partial charge in [-0.25, -0.2) is 0 Å². The van der Waals surface area contributed by atoms with E-state index in [1.807, 2.05) is 18.2 Å². The molecule has 1 spiro atoms. The van der Waals surface area contributed by atoms with E-state index < -0.39 is 6.04 Å². The van der Waals surface area contributed by atoms with Gasteiger partial charge in [0, 0.05) is 31.6 Å². The van der Waals surface area contributed by atoms with Gasteiger partial charge >= 0.3 is 0 Å².